The predicted molar refractivity (Wildman–Crippen MR) is 114 cm³/mol. The Labute approximate surface area is 172 Å². The van der Waals surface area contributed by atoms with E-state index in [0.717, 1.165) is 45.4 Å². The van der Waals surface area contributed by atoms with Crippen LogP contribution in [0.25, 0.3) is 0 Å². The van der Waals surface area contributed by atoms with Crippen LogP contribution in [-0.2, 0) is 16.4 Å². The highest BCUT2D eigenvalue weighted by Crippen LogP contribution is 2.32. The lowest BCUT2D eigenvalue weighted by Crippen LogP contribution is -2.46. The lowest BCUT2D eigenvalue weighted by atomic mass is 10.0. The Morgan fingerprint density at radius 2 is 1.71 bits per heavy atom. The first-order chi connectivity index (χ1) is 13.5. The molecule has 7 heteroatoms. The van der Waals surface area contributed by atoms with Gasteiger partial charge in [-0.25, -0.2) is 13.1 Å². The van der Waals surface area contributed by atoms with Crippen molar-refractivity contribution in [3.63, 3.8) is 0 Å². The molecule has 0 atom stereocenters. The number of hydrogen-bond donors (Lipinski definition) is 1. The van der Waals surface area contributed by atoms with Crippen molar-refractivity contribution in [1.82, 2.24) is 9.62 Å². The molecular formula is C21H26ClN3O2S. The van der Waals surface area contributed by atoms with Crippen LogP contribution in [0.5, 0.6) is 0 Å². The second-order valence-electron chi connectivity index (χ2n) is 7.50. The molecule has 2 aliphatic rings. The van der Waals surface area contributed by atoms with E-state index in [0.29, 0.717) is 17.6 Å². The van der Waals surface area contributed by atoms with Crippen LogP contribution in [0.2, 0.25) is 5.02 Å². The average Bonchev–Trinajstić information content (AvgIpc) is 3.13. The molecule has 5 nitrogen and oxygen atoms in total. The summed E-state index contributed by atoms with van der Waals surface area (Å²) in [4.78, 5) is 5.17. The minimum atomic E-state index is -3.48. The van der Waals surface area contributed by atoms with Crippen LogP contribution in [-0.4, -0.2) is 52.1 Å². The van der Waals surface area contributed by atoms with Gasteiger partial charge in [0.25, 0.3) is 0 Å². The van der Waals surface area contributed by atoms with Crippen LogP contribution >= 0.6 is 11.6 Å². The smallest absolute Gasteiger partial charge is 0.240 e. The third kappa shape index (κ3) is 4.35. The fourth-order valence-electron chi connectivity index (χ4n) is 4.23. The van der Waals surface area contributed by atoms with E-state index >= 15 is 0 Å². The van der Waals surface area contributed by atoms with Gasteiger partial charge in [-0.2, -0.15) is 0 Å². The van der Waals surface area contributed by atoms with E-state index in [1.807, 2.05) is 0 Å². The maximum Gasteiger partial charge on any atom is 0.240 e. The molecule has 0 amide bonds. The van der Waals surface area contributed by atoms with Crippen molar-refractivity contribution in [2.75, 3.05) is 37.6 Å². The van der Waals surface area contributed by atoms with E-state index in [2.05, 4.69) is 38.8 Å². The largest absolute Gasteiger partial charge is 0.368 e. The average molecular weight is 420 g/mol. The molecule has 0 saturated carbocycles. The van der Waals surface area contributed by atoms with E-state index in [-0.39, 0.29) is 4.90 Å². The molecule has 2 aromatic carbocycles. The zero-order valence-corrected chi connectivity index (χ0v) is 17.4. The first-order valence-corrected chi connectivity index (χ1v) is 11.7. The summed E-state index contributed by atoms with van der Waals surface area (Å²) in [6.07, 6.45) is 3.39. The second-order valence-corrected chi connectivity index (χ2v) is 9.70. The number of sulfonamides is 1. The van der Waals surface area contributed by atoms with Gasteiger partial charge in [-0.3, -0.25) is 0 Å². The van der Waals surface area contributed by atoms with Crippen LogP contribution in [0.1, 0.15) is 18.4 Å². The Morgan fingerprint density at radius 3 is 2.46 bits per heavy atom. The molecule has 28 heavy (non-hydrogen) atoms. The number of fused-ring (bicyclic) bond motifs is 1. The Balaban J connectivity index is 1.25. The highest BCUT2D eigenvalue weighted by atomic mass is 35.5. The first kappa shape index (κ1) is 19.7. The molecule has 2 heterocycles. The summed E-state index contributed by atoms with van der Waals surface area (Å²) in [6, 6.07) is 15.6. The molecule has 1 N–H and O–H groups in total. The van der Waals surface area contributed by atoms with E-state index in [9.17, 15) is 8.42 Å². The predicted octanol–water partition coefficient (Wildman–Crippen LogP) is 3.15. The SMILES string of the molecule is O=S(=O)(NCCN1CCC(N2CCc3ccccc32)CC1)c1ccc(Cl)cc1. The van der Waals surface area contributed by atoms with Gasteiger partial charge >= 0.3 is 0 Å². The normalized spacial score (nSPS) is 18.4. The first-order valence-electron chi connectivity index (χ1n) is 9.85. The Hall–Kier alpha value is -1.60. The Kier molecular flexibility index (Phi) is 5.92. The fourth-order valence-corrected chi connectivity index (χ4v) is 5.38. The van der Waals surface area contributed by atoms with Gasteiger partial charge in [0.2, 0.25) is 10.0 Å². The van der Waals surface area contributed by atoms with Crippen molar-refractivity contribution in [3.8, 4) is 0 Å². The molecule has 2 aromatic rings. The maximum absolute atomic E-state index is 12.3. The number of hydrogen-bond acceptors (Lipinski definition) is 4. The summed E-state index contributed by atoms with van der Waals surface area (Å²) in [7, 11) is -3.48. The van der Waals surface area contributed by atoms with Crippen LogP contribution < -0.4 is 9.62 Å². The van der Waals surface area contributed by atoms with Crippen molar-refractivity contribution in [1.29, 1.82) is 0 Å². The van der Waals surface area contributed by atoms with Crippen LogP contribution in [0, 0.1) is 0 Å². The Morgan fingerprint density at radius 1 is 1.00 bits per heavy atom. The standard InChI is InChI=1S/C21H26ClN3O2S/c22-18-5-7-20(8-6-18)28(26,27)23-12-16-24-13-10-19(11-14-24)25-15-9-17-3-1-2-4-21(17)25/h1-8,19,23H,9-16H2. The third-order valence-electron chi connectivity index (χ3n) is 5.77. The molecule has 2 aliphatic heterocycles. The van der Waals surface area contributed by atoms with Crippen molar-refractivity contribution in [2.45, 2.75) is 30.2 Å². The topological polar surface area (TPSA) is 52.7 Å². The molecule has 0 aliphatic carbocycles. The molecule has 0 unspecified atom stereocenters. The van der Waals surface area contributed by atoms with Gasteiger partial charge < -0.3 is 9.80 Å². The minimum absolute atomic E-state index is 0.253. The number of nitrogens with zero attached hydrogens (tertiary/aromatic N) is 2. The molecular weight excluding hydrogens is 394 g/mol. The number of halogens is 1. The van der Waals surface area contributed by atoms with Crippen molar-refractivity contribution >= 4 is 27.3 Å². The van der Waals surface area contributed by atoms with Crippen molar-refractivity contribution in [3.05, 3.63) is 59.1 Å². The van der Waals surface area contributed by atoms with Gasteiger partial charge in [-0.05, 0) is 55.2 Å². The minimum Gasteiger partial charge on any atom is -0.368 e. The van der Waals surface area contributed by atoms with Gasteiger partial charge in [-0.1, -0.05) is 29.8 Å². The molecule has 0 spiro atoms. The molecule has 0 bridgehead atoms. The lowest BCUT2D eigenvalue weighted by molar-refractivity contribution is 0.213. The van der Waals surface area contributed by atoms with Gasteiger partial charge in [-0.15, -0.1) is 0 Å². The van der Waals surface area contributed by atoms with Gasteiger partial charge in [0.15, 0.2) is 0 Å². The number of piperidine rings is 1. The Bertz CT molecular complexity index is 910. The molecule has 1 saturated heterocycles. The molecule has 150 valence electrons. The zero-order valence-electron chi connectivity index (χ0n) is 15.9. The molecule has 0 aromatic heterocycles. The summed E-state index contributed by atoms with van der Waals surface area (Å²) in [5, 5.41) is 0.530. The summed E-state index contributed by atoms with van der Waals surface area (Å²) in [5.41, 5.74) is 2.86. The highest BCUT2D eigenvalue weighted by Gasteiger charge is 2.28. The summed E-state index contributed by atoms with van der Waals surface area (Å²) >= 11 is 5.83. The summed E-state index contributed by atoms with van der Waals surface area (Å²) in [6.45, 7) is 4.28. The van der Waals surface area contributed by atoms with E-state index < -0.39 is 10.0 Å². The number of anilines is 1. The zero-order chi connectivity index (χ0) is 19.6. The number of likely N-dealkylation sites (tertiary alicyclic amines) is 1. The second kappa shape index (κ2) is 8.41. The van der Waals surface area contributed by atoms with Crippen molar-refractivity contribution < 1.29 is 8.42 Å². The van der Waals surface area contributed by atoms with Gasteiger partial charge in [0.1, 0.15) is 0 Å². The lowest BCUT2D eigenvalue weighted by Gasteiger charge is -2.38. The van der Waals surface area contributed by atoms with Crippen LogP contribution in [0.4, 0.5) is 5.69 Å². The number of para-hydroxylation sites is 1. The molecule has 4 rings (SSSR count). The molecule has 1 fully saturated rings. The third-order valence-corrected chi connectivity index (χ3v) is 7.49. The van der Waals surface area contributed by atoms with Crippen molar-refractivity contribution in [2.24, 2.45) is 0 Å². The maximum atomic E-state index is 12.3. The highest BCUT2D eigenvalue weighted by molar-refractivity contribution is 7.89. The fraction of sp³-hybridized carbons (Fsp3) is 0.429. The summed E-state index contributed by atoms with van der Waals surface area (Å²) in [5.74, 6) is 0. The van der Waals surface area contributed by atoms with Gasteiger partial charge in [0.05, 0.1) is 4.90 Å². The van der Waals surface area contributed by atoms with Crippen LogP contribution in [0.15, 0.2) is 53.4 Å². The summed E-state index contributed by atoms with van der Waals surface area (Å²) < 4.78 is 27.4. The van der Waals surface area contributed by atoms with Gasteiger partial charge in [0, 0.05) is 49.5 Å². The van der Waals surface area contributed by atoms with E-state index in [1.54, 1.807) is 12.1 Å². The van der Waals surface area contributed by atoms with E-state index in [1.165, 1.54) is 23.4 Å². The molecule has 0 radical (unpaired) electrons. The number of rotatable bonds is 6. The quantitative estimate of drug-likeness (QED) is 0.781. The van der Waals surface area contributed by atoms with E-state index in [4.69, 9.17) is 11.6 Å². The number of benzene rings is 2. The monoisotopic (exact) mass is 419 g/mol. The van der Waals surface area contributed by atoms with Crippen LogP contribution in [0.3, 0.4) is 0 Å². The number of nitrogens with one attached hydrogen (secondary N) is 1.